The van der Waals surface area contributed by atoms with Crippen LogP contribution in [0.25, 0.3) is 0 Å². The fourth-order valence-electron chi connectivity index (χ4n) is 1.74. The zero-order valence-corrected chi connectivity index (χ0v) is 8.61. The van der Waals surface area contributed by atoms with Gasteiger partial charge in [0.2, 0.25) is 0 Å². The van der Waals surface area contributed by atoms with Crippen molar-refractivity contribution in [2.75, 3.05) is 7.11 Å². The highest BCUT2D eigenvalue weighted by atomic mass is 16.5. The summed E-state index contributed by atoms with van der Waals surface area (Å²) >= 11 is 0. The molecule has 0 amide bonds. The van der Waals surface area contributed by atoms with Crippen LogP contribution in [0.1, 0.15) is 19.8 Å². The third-order valence-corrected chi connectivity index (χ3v) is 2.52. The summed E-state index contributed by atoms with van der Waals surface area (Å²) in [4.78, 5) is 45.2. The molecule has 2 unspecified atom stereocenters. The van der Waals surface area contributed by atoms with Crippen LogP contribution in [0.15, 0.2) is 0 Å². The van der Waals surface area contributed by atoms with Crippen LogP contribution in [0.5, 0.6) is 0 Å². The van der Waals surface area contributed by atoms with Crippen molar-refractivity contribution in [1.29, 1.82) is 0 Å². The molecule has 1 rings (SSSR count). The van der Waals surface area contributed by atoms with Crippen molar-refractivity contribution in [3.05, 3.63) is 0 Å². The van der Waals surface area contributed by atoms with Gasteiger partial charge in [-0.3, -0.25) is 19.2 Å². The number of ketones is 3. The van der Waals surface area contributed by atoms with Crippen LogP contribution < -0.4 is 0 Å². The highest BCUT2D eigenvalue weighted by Gasteiger charge is 2.43. The topological polar surface area (TPSA) is 77.5 Å². The maximum Gasteiger partial charge on any atom is 0.316 e. The Morgan fingerprint density at radius 1 is 1.33 bits per heavy atom. The lowest BCUT2D eigenvalue weighted by atomic mass is 9.77. The monoisotopic (exact) mass is 212 g/mol. The molecule has 5 nitrogen and oxygen atoms in total. The van der Waals surface area contributed by atoms with Crippen molar-refractivity contribution in [1.82, 2.24) is 0 Å². The van der Waals surface area contributed by atoms with Gasteiger partial charge in [-0.2, -0.15) is 0 Å². The Hall–Kier alpha value is -1.52. The smallest absolute Gasteiger partial charge is 0.316 e. The van der Waals surface area contributed by atoms with E-state index in [0.29, 0.717) is 0 Å². The number of methoxy groups -OCH3 is 1. The molecule has 5 heteroatoms. The van der Waals surface area contributed by atoms with Gasteiger partial charge in [0.1, 0.15) is 17.6 Å². The van der Waals surface area contributed by atoms with E-state index < -0.39 is 35.2 Å². The highest BCUT2D eigenvalue weighted by molar-refractivity contribution is 6.23. The van der Waals surface area contributed by atoms with Crippen molar-refractivity contribution in [2.45, 2.75) is 19.8 Å². The van der Waals surface area contributed by atoms with Gasteiger partial charge in [-0.15, -0.1) is 0 Å². The highest BCUT2D eigenvalue weighted by Crippen LogP contribution is 2.24. The SMILES string of the molecule is COC(=O)C1CCC(=O)C(C(C)=O)C1=O. The second-order valence-electron chi connectivity index (χ2n) is 3.53. The van der Waals surface area contributed by atoms with Gasteiger partial charge in [-0.05, 0) is 13.3 Å². The van der Waals surface area contributed by atoms with E-state index in [4.69, 9.17) is 0 Å². The Bertz CT molecular complexity index is 331. The first-order chi connectivity index (χ1) is 6.99. The van der Waals surface area contributed by atoms with Crippen molar-refractivity contribution in [3.8, 4) is 0 Å². The number of Topliss-reactive ketones (excluding diaryl/α,β-unsaturated/α-hetero) is 3. The quantitative estimate of drug-likeness (QED) is 0.472. The molecule has 0 saturated heterocycles. The molecule has 0 N–H and O–H groups in total. The summed E-state index contributed by atoms with van der Waals surface area (Å²) in [5, 5.41) is 0. The molecule has 0 aromatic rings. The molecular weight excluding hydrogens is 200 g/mol. The summed E-state index contributed by atoms with van der Waals surface area (Å²) in [6, 6.07) is 0. The molecule has 0 heterocycles. The second kappa shape index (κ2) is 4.33. The Balaban J connectivity index is 2.91. The van der Waals surface area contributed by atoms with E-state index in [1.54, 1.807) is 0 Å². The first-order valence-electron chi connectivity index (χ1n) is 4.63. The van der Waals surface area contributed by atoms with Gasteiger partial charge >= 0.3 is 5.97 Å². The standard InChI is InChI=1S/C10H12O5/c1-5(11)8-7(12)4-3-6(9(8)13)10(14)15-2/h6,8H,3-4H2,1-2H3. The van der Waals surface area contributed by atoms with E-state index in [1.807, 2.05) is 0 Å². The molecule has 0 spiro atoms. The van der Waals surface area contributed by atoms with Gasteiger partial charge in [0.05, 0.1) is 7.11 Å². The van der Waals surface area contributed by atoms with Gasteiger partial charge in [0.15, 0.2) is 11.6 Å². The van der Waals surface area contributed by atoms with Crippen LogP contribution in [0.4, 0.5) is 0 Å². The van der Waals surface area contributed by atoms with Crippen molar-refractivity contribution >= 4 is 23.3 Å². The van der Waals surface area contributed by atoms with Gasteiger partial charge in [-0.1, -0.05) is 0 Å². The molecule has 2 atom stereocenters. The molecule has 1 fully saturated rings. The summed E-state index contributed by atoms with van der Waals surface area (Å²) in [7, 11) is 1.18. The Morgan fingerprint density at radius 2 is 1.93 bits per heavy atom. The number of carbonyl (C=O) groups is 4. The van der Waals surface area contributed by atoms with E-state index in [-0.39, 0.29) is 12.8 Å². The molecule has 0 aromatic carbocycles. The minimum absolute atomic E-state index is 0.0791. The summed E-state index contributed by atoms with van der Waals surface area (Å²) in [5.74, 6) is -4.40. The number of hydrogen-bond acceptors (Lipinski definition) is 5. The molecule has 0 aliphatic heterocycles. The van der Waals surface area contributed by atoms with Gasteiger partial charge in [0, 0.05) is 6.42 Å². The Labute approximate surface area is 86.8 Å². The number of esters is 1. The van der Waals surface area contributed by atoms with Gasteiger partial charge in [0.25, 0.3) is 0 Å². The summed E-state index contributed by atoms with van der Waals surface area (Å²) in [6.07, 6.45) is 0.226. The normalized spacial score (nSPS) is 26.3. The lowest BCUT2D eigenvalue weighted by molar-refractivity contribution is -0.154. The van der Waals surface area contributed by atoms with Gasteiger partial charge < -0.3 is 4.74 Å². The third kappa shape index (κ3) is 2.11. The molecular formula is C10H12O5. The van der Waals surface area contributed by atoms with Crippen LogP contribution in [0.3, 0.4) is 0 Å². The first-order valence-corrected chi connectivity index (χ1v) is 4.63. The minimum atomic E-state index is -1.26. The molecule has 0 aromatic heterocycles. The molecule has 1 aliphatic carbocycles. The number of ether oxygens (including phenoxy) is 1. The van der Waals surface area contributed by atoms with Crippen LogP contribution in [-0.4, -0.2) is 30.4 Å². The zero-order chi connectivity index (χ0) is 11.6. The van der Waals surface area contributed by atoms with E-state index in [9.17, 15) is 19.2 Å². The number of rotatable bonds is 2. The molecule has 0 bridgehead atoms. The van der Waals surface area contributed by atoms with E-state index in [0.717, 1.165) is 0 Å². The minimum Gasteiger partial charge on any atom is -0.468 e. The van der Waals surface area contributed by atoms with Gasteiger partial charge in [-0.25, -0.2) is 0 Å². The average molecular weight is 212 g/mol. The molecule has 0 radical (unpaired) electrons. The lowest BCUT2D eigenvalue weighted by Gasteiger charge is -2.23. The van der Waals surface area contributed by atoms with Crippen molar-refractivity contribution in [3.63, 3.8) is 0 Å². The lowest BCUT2D eigenvalue weighted by Crippen LogP contribution is -2.42. The first kappa shape index (κ1) is 11.6. The van der Waals surface area contributed by atoms with Crippen LogP contribution >= 0.6 is 0 Å². The predicted molar refractivity (Wildman–Crippen MR) is 48.9 cm³/mol. The molecule has 15 heavy (non-hydrogen) atoms. The maximum atomic E-state index is 11.6. The molecule has 1 saturated carbocycles. The van der Waals surface area contributed by atoms with Crippen LogP contribution in [-0.2, 0) is 23.9 Å². The Kier molecular flexibility index (Phi) is 3.34. The zero-order valence-electron chi connectivity index (χ0n) is 8.61. The van der Waals surface area contributed by atoms with Crippen LogP contribution in [0.2, 0.25) is 0 Å². The van der Waals surface area contributed by atoms with Crippen LogP contribution in [0, 0.1) is 11.8 Å². The van der Waals surface area contributed by atoms with Crippen molar-refractivity contribution < 1.29 is 23.9 Å². The second-order valence-corrected chi connectivity index (χ2v) is 3.53. The third-order valence-electron chi connectivity index (χ3n) is 2.52. The Morgan fingerprint density at radius 3 is 2.40 bits per heavy atom. The molecule has 1 aliphatic rings. The fourth-order valence-corrected chi connectivity index (χ4v) is 1.74. The summed E-state index contributed by atoms with van der Waals surface area (Å²) in [5.41, 5.74) is 0. The number of hydrogen-bond donors (Lipinski definition) is 0. The largest absolute Gasteiger partial charge is 0.468 e. The predicted octanol–water partition coefficient (Wildman–Crippen LogP) is -0.0872. The summed E-state index contributed by atoms with van der Waals surface area (Å²) < 4.78 is 4.44. The van der Waals surface area contributed by atoms with E-state index in [1.165, 1.54) is 14.0 Å². The summed E-state index contributed by atoms with van der Waals surface area (Å²) in [6.45, 7) is 1.18. The molecule has 82 valence electrons. The van der Waals surface area contributed by atoms with Crippen molar-refractivity contribution in [2.24, 2.45) is 11.8 Å². The maximum absolute atomic E-state index is 11.6. The number of carbonyl (C=O) groups excluding carboxylic acids is 4. The van der Waals surface area contributed by atoms with E-state index >= 15 is 0 Å². The average Bonchev–Trinajstić information content (AvgIpc) is 2.16. The van der Waals surface area contributed by atoms with E-state index in [2.05, 4.69) is 4.74 Å². The fraction of sp³-hybridized carbons (Fsp3) is 0.600.